The molecule has 1 aliphatic rings. The smallest absolute Gasteiger partial charge is 0.255 e. The third-order valence-corrected chi connectivity index (χ3v) is 6.20. The van der Waals surface area contributed by atoms with Crippen LogP contribution in [0.5, 0.6) is 11.5 Å². The summed E-state index contributed by atoms with van der Waals surface area (Å²) in [7, 11) is 3.77. The number of carbonyl (C=O) groups excluding carboxylic acids is 2. The molecule has 1 fully saturated rings. The van der Waals surface area contributed by atoms with Crippen molar-refractivity contribution in [1.82, 2.24) is 19.8 Å². The summed E-state index contributed by atoms with van der Waals surface area (Å²) in [6.07, 6.45) is 5.47. The van der Waals surface area contributed by atoms with Crippen LogP contribution in [0.2, 0.25) is 0 Å². The van der Waals surface area contributed by atoms with Crippen LogP contribution in [0.15, 0.2) is 41.1 Å². The molecule has 1 saturated heterocycles. The molecule has 1 N–H and O–H groups in total. The average molecular weight is 463 g/mol. The number of nitrogens with one attached hydrogen (secondary N) is 1. The molecule has 34 heavy (non-hydrogen) atoms. The van der Waals surface area contributed by atoms with Gasteiger partial charge in [0.25, 0.3) is 5.91 Å². The lowest BCUT2D eigenvalue weighted by Gasteiger charge is -2.08. The van der Waals surface area contributed by atoms with E-state index < -0.39 is 0 Å². The molecule has 0 saturated carbocycles. The Bertz CT molecular complexity index is 1350. The number of aryl methyl sites for hydroxylation is 2. The predicted octanol–water partition coefficient (Wildman–Crippen LogP) is 4.62. The molecule has 178 valence electrons. The summed E-state index contributed by atoms with van der Waals surface area (Å²) in [4.78, 5) is 25.6. The van der Waals surface area contributed by atoms with Crippen LogP contribution in [-0.2, 0) is 0 Å². The van der Waals surface area contributed by atoms with E-state index in [4.69, 9.17) is 9.15 Å². The quantitative estimate of drug-likeness (QED) is 0.445. The SMILES string of the molecule is CC1CCN(C)C1.CNC(=O)c1c(C)oc2cc(Oc3ccnn4cc(C=O)c(C)c34)ccc12. The summed E-state index contributed by atoms with van der Waals surface area (Å²) in [6, 6.07) is 7.06. The number of amides is 1. The molecule has 3 aromatic heterocycles. The van der Waals surface area contributed by atoms with Gasteiger partial charge in [-0.1, -0.05) is 6.92 Å². The summed E-state index contributed by atoms with van der Waals surface area (Å²) >= 11 is 0. The van der Waals surface area contributed by atoms with Gasteiger partial charge in [-0.2, -0.15) is 5.10 Å². The van der Waals surface area contributed by atoms with Crippen LogP contribution in [0.25, 0.3) is 16.5 Å². The Balaban J connectivity index is 0.000000336. The van der Waals surface area contributed by atoms with Crippen molar-refractivity contribution in [2.75, 3.05) is 27.2 Å². The molecule has 0 radical (unpaired) electrons. The van der Waals surface area contributed by atoms with Crippen molar-refractivity contribution < 1.29 is 18.7 Å². The van der Waals surface area contributed by atoms with E-state index in [0.717, 1.165) is 28.7 Å². The number of hydrogen-bond acceptors (Lipinski definition) is 6. The van der Waals surface area contributed by atoms with Crippen molar-refractivity contribution >= 4 is 28.7 Å². The minimum Gasteiger partial charge on any atom is -0.460 e. The van der Waals surface area contributed by atoms with Crippen LogP contribution in [0, 0.1) is 19.8 Å². The first-order valence-electron chi connectivity index (χ1n) is 11.4. The van der Waals surface area contributed by atoms with Crippen molar-refractivity contribution in [2.24, 2.45) is 5.92 Å². The van der Waals surface area contributed by atoms with E-state index in [1.165, 1.54) is 19.5 Å². The molecule has 1 amide bonds. The highest BCUT2D eigenvalue weighted by molar-refractivity contribution is 6.07. The number of fused-ring (bicyclic) bond motifs is 2. The zero-order valence-corrected chi connectivity index (χ0v) is 20.2. The van der Waals surface area contributed by atoms with E-state index in [1.807, 2.05) is 6.92 Å². The van der Waals surface area contributed by atoms with Gasteiger partial charge < -0.3 is 19.4 Å². The van der Waals surface area contributed by atoms with Crippen molar-refractivity contribution in [3.8, 4) is 11.5 Å². The first-order chi connectivity index (χ1) is 16.3. The summed E-state index contributed by atoms with van der Waals surface area (Å²) in [5, 5.41) is 7.57. The number of aldehydes is 1. The highest BCUT2D eigenvalue weighted by Gasteiger charge is 2.18. The van der Waals surface area contributed by atoms with Crippen molar-refractivity contribution in [1.29, 1.82) is 0 Å². The number of benzene rings is 1. The van der Waals surface area contributed by atoms with Crippen LogP contribution in [0.1, 0.15) is 45.4 Å². The molecule has 1 aromatic carbocycles. The lowest BCUT2D eigenvalue weighted by Crippen LogP contribution is -2.18. The van der Waals surface area contributed by atoms with Crippen LogP contribution in [0.4, 0.5) is 0 Å². The second-order valence-electron chi connectivity index (χ2n) is 8.84. The third kappa shape index (κ3) is 4.54. The normalized spacial score (nSPS) is 15.9. The van der Waals surface area contributed by atoms with Gasteiger partial charge in [-0.25, -0.2) is 4.52 Å². The van der Waals surface area contributed by atoms with Crippen molar-refractivity contribution in [2.45, 2.75) is 27.2 Å². The van der Waals surface area contributed by atoms with E-state index in [2.05, 4.69) is 29.3 Å². The second kappa shape index (κ2) is 9.69. The summed E-state index contributed by atoms with van der Waals surface area (Å²) in [5.41, 5.74) is 3.16. The highest BCUT2D eigenvalue weighted by atomic mass is 16.5. The Labute approximate surface area is 198 Å². The molecular weight excluding hydrogens is 432 g/mol. The fraction of sp³-hybridized carbons (Fsp3) is 0.346. The largest absolute Gasteiger partial charge is 0.460 e. The maximum absolute atomic E-state index is 12.1. The van der Waals surface area contributed by atoms with E-state index in [9.17, 15) is 9.59 Å². The molecule has 1 atom stereocenters. The number of ether oxygens (including phenoxy) is 1. The van der Waals surface area contributed by atoms with Gasteiger partial charge in [-0.05, 0) is 57.5 Å². The molecule has 5 rings (SSSR count). The van der Waals surface area contributed by atoms with Gasteiger partial charge in [0.05, 0.1) is 11.8 Å². The van der Waals surface area contributed by atoms with E-state index >= 15 is 0 Å². The Morgan fingerprint density at radius 2 is 2.09 bits per heavy atom. The van der Waals surface area contributed by atoms with Gasteiger partial charge in [0.2, 0.25) is 0 Å². The lowest BCUT2D eigenvalue weighted by atomic mass is 10.1. The van der Waals surface area contributed by atoms with Gasteiger partial charge in [0.15, 0.2) is 12.0 Å². The molecular formula is C26H30N4O4. The third-order valence-electron chi connectivity index (χ3n) is 6.20. The van der Waals surface area contributed by atoms with Crippen molar-refractivity contribution in [3.63, 3.8) is 0 Å². The van der Waals surface area contributed by atoms with E-state index in [1.54, 1.807) is 55.1 Å². The van der Waals surface area contributed by atoms with Gasteiger partial charge in [-0.3, -0.25) is 9.59 Å². The Hall–Kier alpha value is -3.65. The fourth-order valence-electron chi connectivity index (χ4n) is 4.40. The molecule has 4 heterocycles. The second-order valence-corrected chi connectivity index (χ2v) is 8.84. The first-order valence-corrected chi connectivity index (χ1v) is 11.4. The maximum atomic E-state index is 12.1. The topological polar surface area (TPSA) is 89.1 Å². The number of carbonyl (C=O) groups is 2. The van der Waals surface area contributed by atoms with Gasteiger partial charge >= 0.3 is 0 Å². The van der Waals surface area contributed by atoms with Crippen LogP contribution in [-0.4, -0.2) is 53.9 Å². The molecule has 1 unspecified atom stereocenters. The lowest BCUT2D eigenvalue weighted by molar-refractivity contribution is 0.0962. The van der Waals surface area contributed by atoms with Gasteiger partial charge in [0.1, 0.15) is 22.6 Å². The first kappa shape index (κ1) is 23.5. The maximum Gasteiger partial charge on any atom is 0.255 e. The summed E-state index contributed by atoms with van der Waals surface area (Å²) in [6.45, 7) is 8.52. The zero-order valence-electron chi connectivity index (χ0n) is 20.2. The number of furan rings is 1. The molecule has 0 spiro atoms. The number of rotatable bonds is 4. The highest BCUT2D eigenvalue weighted by Crippen LogP contribution is 2.33. The standard InChI is InChI=1S/C20H17N3O4.C6H13N/c1-11-13(10-24)9-23-19(11)16(6-7-22-23)27-14-4-5-15-17(8-14)26-12(2)18(15)20(25)21-3;1-6-3-4-7(2)5-6/h4-10H,1-3H3,(H,21,25);6H,3-5H2,1-2H3. The number of hydrogen-bond donors (Lipinski definition) is 1. The monoisotopic (exact) mass is 462 g/mol. The minimum absolute atomic E-state index is 0.194. The van der Waals surface area contributed by atoms with E-state index in [-0.39, 0.29) is 5.91 Å². The van der Waals surface area contributed by atoms with Crippen molar-refractivity contribution in [3.05, 3.63) is 59.1 Å². The van der Waals surface area contributed by atoms with Crippen LogP contribution in [0.3, 0.4) is 0 Å². The molecule has 0 aliphatic carbocycles. The minimum atomic E-state index is -0.194. The number of likely N-dealkylation sites (tertiary alicyclic amines) is 1. The van der Waals surface area contributed by atoms with Gasteiger partial charge in [-0.15, -0.1) is 0 Å². The molecule has 8 nitrogen and oxygen atoms in total. The zero-order chi connectivity index (χ0) is 24.4. The Kier molecular flexibility index (Phi) is 6.70. The molecule has 4 aromatic rings. The van der Waals surface area contributed by atoms with Crippen LogP contribution >= 0.6 is 0 Å². The Morgan fingerprint density at radius 1 is 1.29 bits per heavy atom. The Morgan fingerprint density at radius 3 is 2.71 bits per heavy atom. The molecule has 1 aliphatic heterocycles. The molecule has 8 heteroatoms. The van der Waals surface area contributed by atoms with Crippen LogP contribution < -0.4 is 10.1 Å². The van der Waals surface area contributed by atoms with Gasteiger partial charge in [0, 0.05) is 42.9 Å². The number of nitrogens with zero attached hydrogens (tertiary/aromatic N) is 3. The summed E-state index contributed by atoms with van der Waals surface area (Å²) < 4.78 is 13.4. The summed E-state index contributed by atoms with van der Waals surface area (Å²) in [5.74, 6) is 2.43. The molecule has 0 bridgehead atoms. The average Bonchev–Trinajstić information content (AvgIpc) is 3.47. The predicted molar refractivity (Wildman–Crippen MR) is 131 cm³/mol. The fourth-order valence-corrected chi connectivity index (χ4v) is 4.40. The number of aromatic nitrogens is 2. The van der Waals surface area contributed by atoms with E-state index in [0.29, 0.717) is 34.0 Å².